The Hall–Kier alpha value is -2.57. The van der Waals surface area contributed by atoms with E-state index in [-0.39, 0.29) is 16.2 Å². The van der Waals surface area contributed by atoms with E-state index in [0.29, 0.717) is 12.1 Å². The summed E-state index contributed by atoms with van der Waals surface area (Å²) < 4.78 is 144. The summed E-state index contributed by atoms with van der Waals surface area (Å²) in [6, 6.07) is 4.66. The van der Waals surface area contributed by atoms with Crippen LogP contribution in [-0.2, 0) is 16.0 Å². The minimum atomic E-state index is -5.73. The number of halogens is 9. The van der Waals surface area contributed by atoms with Crippen molar-refractivity contribution < 1.29 is 47.9 Å². The number of benzene rings is 1. The molecular weight excluding hydrogens is 489 g/mol. The maximum Gasteiger partial charge on any atom is 0.416 e. The number of rotatable bonds is 3. The lowest BCUT2D eigenvalue weighted by atomic mass is 9.81. The monoisotopic (exact) mass is 503 g/mol. The first-order valence-electron chi connectivity index (χ1n) is 9.06. The fraction of sp³-hybridized carbons (Fsp3) is 0.350. The van der Waals surface area contributed by atoms with E-state index in [0.717, 1.165) is 36.7 Å². The Morgan fingerprint density at radius 1 is 0.788 bits per heavy atom. The van der Waals surface area contributed by atoms with Crippen LogP contribution in [0.5, 0.6) is 0 Å². The molecule has 0 saturated heterocycles. The van der Waals surface area contributed by atoms with Gasteiger partial charge in [0.1, 0.15) is 0 Å². The highest BCUT2D eigenvalue weighted by Crippen LogP contribution is 2.64. The Kier molecular flexibility index (Phi) is 5.88. The molecule has 2 aromatic rings. The Labute approximate surface area is 181 Å². The molecule has 1 aromatic carbocycles. The van der Waals surface area contributed by atoms with Gasteiger partial charge >= 0.3 is 18.5 Å². The fourth-order valence-electron chi connectivity index (χ4n) is 3.60. The zero-order valence-corrected chi connectivity index (χ0v) is 17.3. The highest BCUT2D eigenvalue weighted by molar-refractivity contribution is 7.90. The summed E-state index contributed by atoms with van der Waals surface area (Å²) >= 11 is 0. The maximum absolute atomic E-state index is 13.7. The molecule has 1 heterocycles. The highest BCUT2D eigenvalue weighted by Gasteiger charge is 2.72. The van der Waals surface area contributed by atoms with Crippen LogP contribution in [0, 0.1) is 5.41 Å². The number of hydrogen-bond acceptors (Lipinski definition) is 3. The zero-order chi connectivity index (χ0) is 25.0. The number of aromatic nitrogens is 1. The number of sulfone groups is 1. The fourth-order valence-corrected chi connectivity index (χ4v) is 4.16. The molecule has 0 bridgehead atoms. The summed E-state index contributed by atoms with van der Waals surface area (Å²) in [6.07, 6.45) is -17.7. The van der Waals surface area contributed by atoms with E-state index in [9.17, 15) is 47.9 Å². The number of hydrogen-bond donors (Lipinski definition) is 0. The number of nitrogens with zero attached hydrogens (tertiary/aromatic N) is 1. The van der Waals surface area contributed by atoms with Crippen LogP contribution in [-0.4, -0.2) is 32.0 Å². The van der Waals surface area contributed by atoms with E-state index < -0.39 is 63.3 Å². The second-order valence-electron chi connectivity index (χ2n) is 7.61. The molecule has 0 aliphatic heterocycles. The van der Waals surface area contributed by atoms with Gasteiger partial charge in [0, 0.05) is 12.5 Å². The van der Waals surface area contributed by atoms with E-state index in [2.05, 4.69) is 4.98 Å². The van der Waals surface area contributed by atoms with Gasteiger partial charge in [0.15, 0.2) is 15.3 Å². The lowest BCUT2D eigenvalue weighted by Gasteiger charge is -2.34. The summed E-state index contributed by atoms with van der Waals surface area (Å²) in [5.74, 6) is 0. The first-order valence-corrected chi connectivity index (χ1v) is 11.0. The highest BCUT2D eigenvalue weighted by atomic mass is 32.2. The molecule has 0 atom stereocenters. The predicted octanol–water partition coefficient (Wildman–Crippen LogP) is 6.32. The molecule has 1 aliphatic carbocycles. The normalized spacial score (nSPS) is 17.5. The van der Waals surface area contributed by atoms with Gasteiger partial charge in [0.2, 0.25) is 0 Å². The van der Waals surface area contributed by atoms with Crippen LogP contribution in [0.15, 0.2) is 47.5 Å². The van der Waals surface area contributed by atoms with Crippen molar-refractivity contribution in [2.75, 3.05) is 6.26 Å². The van der Waals surface area contributed by atoms with Crippen LogP contribution in [0.1, 0.15) is 29.7 Å². The molecule has 0 radical (unpaired) electrons. The SMILES string of the molecule is CS(=O)(=O)c1ccc(C2=C(c3ccc(C(F)(F)F)cc3)CC(C(F)(F)F)(C(F)(F)F)C2)nc1. The minimum Gasteiger partial charge on any atom is -0.255 e. The average molecular weight is 503 g/mol. The number of allylic oxidation sites excluding steroid dienone is 2. The van der Waals surface area contributed by atoms with Gasteiger partial charge in [-0.2, -0.15) is 39.5 Å². The van der Waals surface area contributed by atoms with E-state index in [1.165, 1.54) is 0 Å². The Morgan fingerprint density at radius 2 is 1.30 bits per heavy atom. The lowest BCUT2D eigenvalue weighted by molar-refractivity contribution is -0.335. The Morgan fingerprint density at radius 3 is 1.70 bits per heavy atom. The van der Waals surface area contributed by atoms with Gasteiger partial charge < -0.3 is 0 Å². The van der Waals surface area contributed by atoms with E-state index in [4.69, 9.17) is 0 Å². The van der Waals surface area contributed by atoms with Crippen molar-refractivity contribution in [2.45, 2.75) is 36.3 Å². The van der Waals surface area contributed by atoms with Gasteiger partial charge in [-0.05, 0) is 53.8 Å². The summed E-state index contributed by atoms with van der Waals surface area (Å²) in [7, 11) is -3.74. The topological polar surface area (TPSA) is 47.0 Å². The van der Waals surface area contributed by atoms with Crippen molar-refractivity contribution in [3.05, 3.63) is 59.4 Å². The van der Waals surface area contributed by atoms with Gasteiger partial charge in [0.05, 0.1) is 16.2 Å². The van der Waals surface area contributed by atoms with Gasteiger partial charge in [-0.3, -0.25) is 4.98 Å². The van der Waals surface area contributed by atoms with Gasteiger partial charge in [-0.25, -0.2) is 8.42 Å². The molecule has 13 heteroatoms. The summed E-state index contributed by atoms with van der Waals surface area (Å²) in [5, 5.41) is 0. The van der Waals surface area contributed by atoms with Crippen LogP contribution in [0.3, 0.4) is 0 Å². The van der Waals surface area contributed by atoms with Crippen LogP contribution < -0.4 is 0 Å². The third-order valence-corrected chi connectivity index (χ3v) is 6.54. The molecule has 0 unspecified atom stereocenters. The second kappa shape index (κ2) is 7.74. The summed E-state index contributed by atoms with van der Waals surface area (Å²) in [4.78, 5) is 3.43. The molecule has 3 nitrogen and oxygen atoms in total. The van der Waals surface area contributed by atoms with E-state index in [1.54, 1.807) is 0 Å². The summed E-state index contributed by atoms with van der Waals surface area (Å²) in [6.45, 7) is 0. The molecular formula is C20H14F9NO2S. The second-order valence-corrected chi connectivity index (χ2v) is 9.63. The smallest absolute Gasteiger partial charge is 0.255 e. The van der Waals surface area contributed by atoms with Crippen molar-refractivity contribution in [3.8, 4) is 0 Å². The first-order chi connectivity index (χ1) is 14.9. The van der Waals surface area contributed by atoms with Crippen LogP contribution >= 0.6 is 0 Å². The van der Waals surface area contributed by atoms with Crippen molar-refractivity contribution >= 4 is 21.0 Å². The molecule has 0 spiro atoms. The Balaban J connectivity index is 2.20. The lowest BCUT2D eigenvalue weighted by Crippen LogP contribution is -2.48. The first kappa shape index (κ1) is 25.1. The summed E-state index contributed by atoms with van der Waals surface area (Å²) in [5.41, 5.74) is -6.86. The molecule has 1 aliphatic rings. The van der Waals surface area contributed by atoms with Crippen molar-refractivity contribution in [3.63, 3.8) is 0 Å². The molecule has 0 N–H and O–H groups in total. The zero-order valence-electron chi connectivity index (χ0n) is 16.5. The molecule has 0 saturated carbocycles. The van der Waals surface area contributed by atoms with Crippen LogP contribution in [0.2, 0.25) is 0 Å². The number of pyridine rings is 1. The van der Waals surface area contributed by atoms with Gasteiger partial charge in [-0.15, -0.1) is 0 Å². The van der Waals surface area contributed by atoms with Crippen molar-refractivity contribution in [1.29, 1.82) is 0 Å². The Bertz CT molecular complexity index is 1160. The predicted molar refractivity (Wildman–Crippen MR) is 99.4 cm³/mol. The molecule has 1 aromatic heterocycles. The molecule has 33 heavy (non-hydrogen) atoms. The van der Waals surface area contributed by atoms with E-state index >= 15 is 0 Å². The quantitative estimate of drug-likeness (QED) is 0.461. The molecule has 0 amide bonds. The molecule has 0 fully saturated rings. The van der Waals surface area contributed by atoms with Gasteiger partial charge in [0.25, 0.3) is 0 Å². The standard InChI is InChI=1S/C20H14F9NO2S/c1-33(31,32)13-6-7-16(30-10-13)15-9-17(19(24,25)26,20(27,28)29)8-14(15)11-2-4-12(5-3-11)18(21,22)23/h2-7,10H,8-9H2,1H3. The molecule has 180 valence electrons. The minimum absolute atomic E-state index is 0.262. The van der Waals surface area contributed by atoms with Gasteiger partial charge in [-0.1, -0.05) is 12.1 Å². The third kappa shape index (κ3) is 4.59. The largest absolute Gasteiger partial charge is 0.416 e. The maximum atomic E-state index is 13.7. The van der Waals surface area contributed by atoms with Crippen LogP contribution in [0.25, 0.3) is 11.1 Å². The molecule has 3 rings (SSSR count). The third-order valence-electron chi connectivity index (χ3n) is 5.44. The average Bonchev–Trinajstić information content (AvgIpc) is 3.09. The van der Waals surface area contributed by atoms with Crippen molar-refractivity contribution in [2.24, 2.45) is 5.41 Å². The number of alkyl halides is 9. The van der Waals surface area contributed by atoms with E-state index in [1.807, 2.05) is 0 Å². The van der Waals surface area contributed by atoms with Crippen LogP contribution in [0.4, 0.5) is 39.5 Å². The van der Waals surface area contributed by atoms with Crippen molar-refractivity contribution in [1.82, 2.24) is 4.98 Å².